The second kappa shape index (κ2) is 3.07. The Morgan fingerprint density at radius 3 is 3.57 bits per heavy atom. The van der Waals surface area contributed by atoms with Gasteiger partial charge < -0.3 is 0 Å². The monoisotopic (exact) mass is 115 g/mol. The molecule has 0 amide bonds. The molecule has 0 spiro atoms. The van der Waals surface area contributed by atoms with Gasteiger partial charge in [0.15, 0.2) is 0 Å². The van der Waals surface area contributed by atoms with Gasteiger partial charge in [-0.2, -0.15) is 4.83 Å². The number of nitrogens with one attached hydrogen (secondary N) is 2. The summed E-state index contributed by atoms with van der Waals surface area (Å²) in [6, 6.07) is 0. The summed E-state index contributed by atoms with van der Waals surface area (Å²) in [4.78, 5) is 2.87. The molecule has 0 unspecified atom stereocenters. The van der Waals surface area contributed by atoms with E-state index in [2.05, 4.69) is 16.3 Å². The highest BCUT2D eigenvalue weighted by molar-refractivity contribution is 8.00. The lowest BCUT2D eigenvalue weighted by Gasteiger charge is -1.93. The zero-order valence-corrected chi connectivity index (χ0v) is 4.66. The second-order valence-electron chi connectivity index (χ2n) is 1.18. The molecule has 7 heavy (non-hydrogen) atoms. The fourth-order valence-electron chi connectivity index (χ4n) is 0.340. The van der Waals surface area contributed by atoms with Crippen molar-refractivity contribution in [1.82, 2.24) is 10.3 Å². The van der Waals surface area contributed by atoms with Crippen LogP contribution in [0.1, 0.15) is 6.42 Å². The first-order chi connectivity index (χ1) is 3.50. The summed E-state index contributed by atoms with van der Waals surface area (Å²) in [7, 11) is 0. The zero-order chi connectivity index (χ0) is 4.95. The molecule has 3 heteroatoms. The minimum absolute atomic E-state index is 1.00. The molecule has 0 atom stereocenters. The lowest BCUT2D eigenvalue weighted by Crippen LogP contribution is -2.19. The van der Waals surface area contributed by atoms with Crippen molar-refractivity contribution in [2.45, 2.75) is 6.42 Å². The minimum Gasteiger partial charge on any atom is -0.243 e. The molecule has 0 aromatic carbocycles. The van der Waals surface area contributed by atoms with Gasteiger partial charge in [0.05, 0.1) is 0 Å². The number of rotatable bonds is 0. The standard InChI is InChI=1S/C4H7N2S/c1-2-4-7-6-5-3-1/h2-6H,1H2. The van der Waals surface area contributed by atoms with Crippen LogP contribution in [0.5, 0.6) is 0 Å². The second-order valence-corrected chi connectivity index (χ2v) is 1.89. The average Bonchev–Trinajstić information content (AvgIpc) is 1.90. The largest absolute Gasteiger partial charge is 0.243 e. The SMILES string of the molecule is [CH]1CC=CSNN1. The Morgan fingerprint density at radius 2 is 2.57 bits per heavy atom. The van der Waals surface area contributed by atoms with Gasteiger partial charge in [-0.15, -0.1) is 0 Å². The van der Waals surface area contributed by atoms with Gasteiger partial charge in [-0.25, -0.2) is 5.43 Å². The van der Waals surface area contributed by atoms with Gasteiger partial charge in [0.1, 0.15) is 0 Å². The van der Waals surface area contributed by atoms with E-state index in [1.807, 2.05) is 12.0 Å². The maximum absolute atomic E-state index is 2.87. The molecular weight excluding hydrogens is 108 g/mol. The third kappa shape index (κ3) is 1.97. The molecule has 1 heterocycles. The van der Waals surface area contributed by atoms with E-state index in [1.165, 1.54) is 0 Å². The smallest absolute Gasteiger partial charge is 0.0426 e. The molecule has 1 radical (unpaired) electrons. The highest BCUT2D eigenvalue weighted by atomic mass is 32.2. The van der Waals surface area contributed by atoms with Crippen molar-refractivity contribution in [3.8, 4) is 0 Å². The Morgan fingerprint density at radius 1 is 1.57 bits per heavy atom. The average molecular weight is 115 g/mol. The van der Waals surface area contributed by atoms with Crippen molar-refractivity contribution in [3.63, 3.8) is 0 Å². The van der Waals surface area contributed by atoms with Crippen molar-refractivity contribution in [2.75, 3.05) is 0 Å². The van der Waals surface area contributed by atoms with Crippen molar-refractivity contribution in [3.05, 3.63) is 18.0 Å². The van der Waals surface area contributed by atoms with Crippen molar-refractivity contribution < 1.29 is 0 Å². The predicted molar refractivity (Wildman–Crippen MR) is 31.9 cm³/mol. The molecule has 0 saturated carbocycles. The topological polar surface area (TPSA) is 24.1 Å². The van der Waals surface area contributed by atoms with Crippen LogP contribution >= 0.6 is 11.9 Å². The van der Waals surface area contributed by atoms with Crippen LogP contribution in [0.25, 0.3) is 0 Å². The predicted octanol–water partition coefficient (Wildman–Crippen LogP) is 0.808. The lowest BCUT2D eigenvalue weighted by atomic mass is 10.4. The normalized spacial score (nSPS) is 21.7. The van der Waals surface area contributed by atoms with Gasteiger partial charge in [-0.05, 0) is 23.8 Å². The lowest BCUT2D eigenvalue weighted by molar-refractivity contribution is 0.786. The van der Waals surface area contributed by atoms with E-state index in [9.17, 15) is 0 Å². The van der Waals surface area contributed by atoms with Crippen LogP contribution in [0, 0.1) is 6.54 Å². The number of hydrogen-bond acceptors (Lipinski definition) is 3. The molecule has 0 aromatic heterocycles. The summed E-state index contributed by atoms with van der Waals surface area (Å²) in [5.41, 5.74) is 2.87. The first kappa shape index (κ1) is 5.15. The van der Waals surface area contributed by atoms with E-state index in [4.69, 9.17) is 0 Å². The van der Waals surface area contributed by atoms with Crippen LogP contribution in [-0.4, -0.2) is 0 Å². The summed E-state index contributed by atoms with van der Waals surface area (Å²) in [6.07, 6.45) is 3.08. The summed E-state index contributed by atoms with van der Waals surface area (Å²) >= 11 is 1.54. The highest BCUT2D eigenvalue weighted by Gasteiger charge is 1.86. The fraction of sp³-hybridized carbons (Fsp3) is 0.250. The maximum atomic E-state index is 2.87. The molecular formula is C4H7N2S. The molecule has 0 fully saturated rings. The zero-order valence-electron chi connectivity index (χ0n) is 3.85. The third-order valence-corrected chi connectivity index (χ3v) is 1.20. The Hall–Kier alpha value is 0.01000. The van der Waals surface area contributed by atoms with Crippen LogP contribution in [0.4, 0.5) is 0 Å². The van der Waals surface area contributed by atoms with Gasteiger partial charge in [0.25, 0.3) is 0 Å². The Bertz CT molecular complexity index is 64.1. The Balaban J connectivity index is 2.20. The molecule has 0 aromatic rings. The first-order valence-electron chi connectivity index (χ1n) is 2.13. The minimum atomic E-state index is 1.00. The first-order valence-corrected chi connectivity index (χ1v) is 3.01. The third-order valence-electron chi connectivity index (χ3n) is 0.638. The molecule has 1 aliphatic heterocycles. The fourth-order valence-corrected chi connectivity index (χ4v) is 0.767. The Kier molecular flexibility index (Phi) is 2.26. The van der Waals surface area contributed by atoms with Crippen LogP contribution in [0.3, 0.4) is 0 Å². The van der Waals surface area contributed by atoms with Gasteiger partial charge in [0, 0.05) is 6.54 Å². The van der Waals surface area contributed by atoms with Crippen LogP contribution < -0.4 is 10.3 Å². The summed E-state index contributed by atoms with van der Waals surface area (Å²) < 4.78 is 0. The van der Waals surface area contributed by atoms with E-state index in [-0.39, 0.29) is 0 Å². The van der Waals surface area contributed by atoms with Gasteiger partial charge in [0.2, 0.25) is 0 Å². The molecule has 39 valence electrons. The van der Waals surface area contributed by atoms with Gasteiger partial charge >= 0.3 is 0 Å². The van der Waals surface area contributed by atoms with Crippen molar-refractivity contribution in [2.24, 2.45) is 0 Å². The summed E-state index contributed by atoms with van der Waals surface area (Å²) in [6.45, 7) is 1.95. The number of hydrogen-bond donors (Lipinski definition) is 2. The Labute approximate surface area is 47.5 Å². The molecule has 0 bridgehead atoms. The van der Waals surface area contributed by atoms with E-state index in [0.717, 1.165) is 6.42 Å². The van der Waals surface area contributed by atoms with E-state index in [1.54, 1.807) is 11.9 Å². The maximum Gasteiger partial charge on any atom is 0.0426 e. The van der Waals surface area contributed by atoms with Crippen molar-refractivity contribution >= 4 is 11.9 Å². The molecule has 1 aliphatic rings. The molecule has 0 aliphatic carbocycles. The van der Waals surface area contributed by atoms with E-state index < -0.39 is 0 Å². The highest BCUT2D eigenvalue weighted by Crippen LogP contribution is 1.99. The summed E-state index contributed by atoms with van der Waals surface area (Å²) in [5.74, 6) is 0. The summed E-state index contributed by atoms with van der Waals surface area (Å²) in [5, 5.41) is 2.01. The molecule has 0 saturated heterocycles. The van der Waals surface area contributed by atoms with E-state index in [0.29, 0.717) is 0 Å². The van der Waals surface area contributed by atoms with Crippen LogP contribution in [0.2, 0.25) is 0 Å². The van der Waals surface area contributed by atoms with Gasteiger partial charge in [-0.1, -0.05) is 6.08 Å². The van der Waals surface area contributed by atoms with E-state index >= 15 is 0 Å². The van der Waals surface area contributed by atoms with Crippen LogP contribution in [0.15, 0.2) is 11.5 Å². The quantitative estimate of drug-likeness (QED) is 0.457. The number of hydrazine groups is 1. The van der Waals surface area contributed by atoms with Crippen molar-refractivity contribution in [1.29, 1.82) is 0 Å². The molecule has 2 N–H and O–H groups in total. The molecule has 2 nitrogen and oxygen atoms in total. The van der Waals surface area contributed by atoms with Gasteiger partial charge in [-0.3, -0.25) is 0 Å². The van der Waals surface area contributed by atoms with Crippen LogP contribution in [-0.2, 0) is 0 Å². The molecule has 1 rings (SSSR count).